The van der Waals surface area contributed by atoms with Gasteiger partial charge in [0.05, 0.1) is 33.4 Å². The predicted octanol–water partition coefficient (Wildman–Crippen LogP) is 3.85. The van der Waals surface area contributed by atoms with Gasteiger partial charge in [-0.3, -0.25) is 0 Å². The molecule has 31 heavy (non-hydrogen) atoms. The molecule has 4 rings (SSSR count). The molecule has 1 fully saturated rings. The smallest absolute Gasteiger partial charge is 0.164 e. The number of sulfone groups is 1. The van der Waals surface area contributed by atoms with Crippen LogP contribution in [-0.2, 0) is 21.3 Å². The van der Waals surface area contributed by atoms with Crippen molar-refractivity contribution >= 4 is 38.9 Å². The van der Waals surface area contributed by atoms with Crippen LogP contribution in [0.4, 0.5) is 14.6 Å². The van der Waals surface area contributed by atoms with Crippen molar-refractivity contribution in [2.24, 2.45) is 0 Å². The SMILES string of the molecule is O=S1(=O)Cc2nc(-c3cc(F)c(Cl)cc3F)nc(N3CCC(O)(CCCCl)CC3)c2C1. The average Bonchev–Trinajstić information content (AvgIpc) is 3.03. The van der Waals surface area contributed by atoms with E-state index in [2.05, 4.69) is 9.97 Å². The van der Waals surface area contributed by atoms with Gasteiger partial charge in [0.25, 0.3) is 0 Å². The molecule has 6 nitrogen and oxygen atoms in total. The van der Waals surface area contributed by atoms with Crippen LogP contribution in [0.25, 0.3) is 11.4 Å². The lowest BCUT2D eigenvalue weighted by molar-refractivity contribution is 0.00745. The fraction of sp³-hybridized carbons (Fsp3) is 0.500. The zero-order valence-electron chi connectivity index (χ0n) is 16.5. The lowest BCUT2D eigenvalue weighted by Gasteiger charge is -2.39. The summed E-state index contributed by atoms with van der Waals surface area (Å²) in [5.74, 6) is -1.35. The average molecular weight is 492 g/mol. The van der Waals surface area contributed by atoms with Crippen LogP contribution in [0.5, 0.6) is 0 Å². The van der Waals surface area contributed by atoms with E-state index < -0.39 is 27.1 Å². The van der Waals surface area contributed by atoms with Gasteiger partial charge in [-0.2, -0.15) is 0 Å². The molecule has 0 aliphatic carbocycles. The Morgan fingerprint density at radius 1 is 1.13 bits per heavy atom. The molecule has 0 atom stereocenters. The first-order valence-electron chi connectivity index (χ1n) is 9.89. The number of alkyl halides is 1. The van der Waals surface area contributed by atoms with Gasteiger partial charge in [0.15, 0.2) is 15.7 Å². The minimum atomic E-state index is -3.41. The molecule has 1 N–H and O–H groups in total. The van der Waals surface area contributed by atoms with Crippen molar-refractivity contribution in [2.75, 3.05) is 23.9 Å². The molecule has 168 valence electrons. The Bertz CT molecular complexity index is 1120. The van der Waals surface area contributed by atoms with E-state index in [-0.39, 0.29) is 33.6 Å². The molecule has 11 heteroatoms. The van der Waals surface area contributed by atoms with Gasteiger partial charge in [-0.1, -0.05) is 11.6 Å². The van der Waals surface area contributed by atoms with Gasteiger partial charge in [-0.25, -0.2) is 27.2 Å². The molecule has 1 aromatic carbocycles. The van der Waals surface area contributed by atoms with Crippen LogP contribution in [0.1, 0.15) is 36.9 Å². The minimum Gasteiger partial charge on any atom is -0.390 e. The summed E-state index contributed by atoms with van der Waals surface area (Å²) in [4.78, 5) is 10.6. The number of rotatable bonds is 5. The van der Waals surface area contributed by atoms with Crippen LogP contribution in [-0.4, -0.2) is 48.1 Å². The molecule has 1 saturated heterocycles. The Hall–Kier alpha value is -1.55. The number of benzene rings is 1. The molecule has 0 saturated carbocycles. The standard InChI is InChI=1S/C20H21Cl2F2N3O3S/c21-5-1-2-20(28)3-6-27(7-4-20)19-13-10-31(29,30)11-17(13)25-18(26-19)12-8-16(24)14(22)9-15(12)23/h8-9,28H,1-7,10-11H2. The van der Waals surface area contributed by atoms with E-state index in [0.717, 1.165) is 12.1 Å². The van der Waals surface area contributed by atoms with Gasteiger partial charge in [0, 0.05) is 24.5 Å². The Morgan fingerprint density at radius 2 is 1.84 bits per heavy atom. The molecule has 0 bridgehead atoms. The topological polar surface area (TPSA) is 83.4 Å². The molecule has 0 unspecified atom stereocenters. The maximum absolute atomic E-state index is 14.5. The third-order valence-corrected chi connectivity index (χ3v) is 7.81. The second-order valence-corrected chi connectivity index (χ2v) is 10.9. The number of aromatic nitrogens is 2. The van der Waals surface area contributed by atoms with E-state index in [1.54, 1.807) is 0 Å². The first kappa shape index (κ1) is 22.6. The van der Waals surface area contributed by atoms with Crippen molar-refractivity contribution in [1.29, 1.82) is 0 Å². The number of fused-ring (bicyclic) bond motifs is 1. The van der Waals surface area contributed by atoms with Crippen molar-refractivity contribution in [3.63, 3.8) is 0 Å². The van der Waals surface area contributed by atoms with Crippen molar-refractivity contribution in [2.45, 2.75) is 42.8 Å². The lowest BCUT2D eigenvalue weighted by atomic mass is 9.87. The van der Waals surface area contributed by atoms with Gasteiger partial charge >= 0.3 is 0 Å². The lowest BCUT2D eigenvalue weighted by Crippen LogP contribution is -2.45. The van der Waals surface area contributed by atoms with Crippen molar-refractivity contribution < 1.29 is 22.3 Å². The van der Waals surface area contributed by atoms with Crippen LogP contribution >= 0.6 is 23.2 Å². The highest BCUT2D eigenvalue weighted by Gasteiger charge is 2.36. The number of nitrogens with zero attached hydrogens (tertiary/aromatic N) is 3. The minimum absolute atomic E-state index is 0.0955. The van der Waals surface area contributed by atoms with Crippen molar-refractivity contribution in [3.8, 4) is 11.4 Å². The van der Waals surface area contributed by atoms with Gasteiger partial charge in [-0.05, 0) is 37.8 Å². The van der Waals surface area contributed by atoms with E-state index in [1.807, 2.05) is 4.90 Å². The highest BCUT2D eigenvalue weighted by atomic mass is 35.5. The Balaban J connectivity index is 1.73. The number of hydrogen-bond acceptors (Lipinski definition) is 6. The summed E-state index contributed by atoms with van der Waals surface area (Å²) >= 11 is 11.4. The van der Waals surface area contributed by atoms with Gasteiger partial charge in [-0.15, -0.1) is 11.6 Å². The number of anilines is 1. The van der Waals surface area contributed by atoms with Gasteiger partial charge in [0.2, 0.25) is 0 Å². The van der Waals surface area contributed by atoms with Crippen molar-refractivity contribution in [3.05, 3.63) is 40.0 Å². The molecule has 3 heterocycles. The molecular formula is C20H21Cl2F2N3O3S. The summed E-state index contributed by atoms with van der Waals surface area (Å²) < 4.78 is 53.0. The molecule has 1 aromatic heterocycles. The largest absolute Gasteiger partial charge is 0.390 e. The van der Waals surface area contributed by atoms with E-state index >= 15 is 0 Å². The Kier molecular flexibility index (Phi) is 6.15. The number of piperidine rings is 1. The van der Waals surface area contributed by atoms with E-state index in [1.165, 1.54) is 0 Å². The van der Waals surface area contributed by atoms with Crippen LogP contribution in [0.2, 0.25) is 5.02 Å². The molecule has 2 aromatic rings. The first-order valence-corrected chi connectivity index (χ1v) is 12.6. The second-order valence-electron chi connectivity index (χ2n) is 8.08. The highest BCUT2D eigenvalue weighted by Crippen LogP contribution is 2.37. The van der Waals surface area contributed by atoms with Crippen LogP contribution < -0.4 is 4.90 Å². The van der Waals surface area contributed by atoms with Crippen LogP contribution in [0.15, 0.2) is 12.1 Å². The predicted molar refractivity (Wildman–Crippen MR) is 115 cm³/mol. The Morgan fingerprint density at radius 3 is 2.52 bits per heavy atom. The number of aliphatic hydroxyl groups is 1. The number of hydrogen-bond donors (Lipinski definition) is 1. The van der Waals surface area contributed by atoms with E-state index in [9.17, 15) is 22.3 Å². The normalized spacial score (nSPS) is 19.5. The van der Waals surface area contributed by atoms with Gasteiger partial charge < -0.3 is 10.0 Å². The zero-order valence-corrected chi connectivity index (χ0v) is 18.9. The van der Waals surface area contributed by atoms with E-state index in [4.69, 9.17) is 23.2 Å². The van der Waals surface area contributed by atoms with Crippen LogP contribution in [0, 0.1) is 11.6 Å². The fourth-order valence-electron chi connectivity index (χ4n) is 4.12. The monoisotopic (exact) mass is 491 g/mol. The highest BCUT2D eigenvalue weighted by molar-refractivity contribution is 7.90. The summed E-state index contributed by atoms with van der Waals surface area (Å²) in [6.45, 7) is 0.887. The third kappa shape index (κ3) is 4.65. The number of halogens is 4. The molecule has 2 aliphatic rings. The fourth-order valence-corrected chi connectivity index (χ4v) is 5.90. The molecule has 0 radical (unpaired) electrons. The first-order chi connectivity index (χ1) is 14.6. The summed E-state index contributed by atoms with van der Waals surface area (Å²) in [6.07, 6.45) is 2.22. The quantitative estimate of drug-likeness (QED) is 0.505. The maximum atomic E-state index is 14.5. The molecule has 0 amide bonds. The summed E-state index contributed by atoms with van der Waals surface area (Å²) in [7, 11) is -3.41. The van der Waals surface area contributed by atoms with Gasteiger partial charge in [0.1, 0.15) is 17.5 Å². The second kappa shape index (κ2) is 8.42. The Labute approximate surface area is 189 Å². The van der Waals surface area contributed by atoms with Crippen molar-refractivity contribution in [1.82, 2.24) is 9.97 Å². The summed E-state index contributed by atoms with van der Waals surface area (Å²) in [5.41, 5.74) is -0.254. The summed E-state index contributed by atoms with van der Waals surface area (Å²) in [6, 6.07) is 1.75. The zero-order chi connectivity index (χ0) is 22.4. The maximum Gasteiger partial charge on any atom is 0.164 e. The molecule has 0 spiro atoms. The third-order valence-electron chi connectivity index (χ3n) is 5.81. The molecule has 2 aliphatic heterocycles. The summed E-state index contributed by atoms with van der Waals surface area (Å²) in [5, 5.41) is 10.4. The van der Waals surface area contributed by atoms with E-state index in [0.29, 0.717) is 56.0 Å². The molecular weight excluding hydrogens is 471 g/mol. The van der Waals surface area contributed by atoms with Crippen LogP contribution in [0.3, 0.4) is 0 Å².